The molecule has 214 valence electrons. The molecule has 0 saturated carbocycles. The summed E-state index contributed by atoms with van der Waals surface area (Å²) in [5.41, 5.74) is 2.32. The molecule has 2 aromatic carbocycles. The van der Waals surface area contributed by atoms with Crippen LogP contribution in [0.15, 0.2) is 54.7 Å². The van der Waals surface area contributed by atoms with E-state index in [-0.39, 0.29) is 11.9 Å². The van der Waals surface area contributed by atoms with E-state index in [2.05, 4.69) is 29.0 Å². The second-order valence-electron chi connectivity index (χ2n) is 11.5. The van der Waals surface area contributed by atoms with Gasteiger partial charge in [-0.1, -0.05) is 38.1 Å². The lowest BCUT2D eigenvalue weighted by Gasteiger charge is -2.36. The van der Waals surface area contributed by atoms with Crippen LogP contribution in [0.5, 0.6) is 5.75 Å². The van der Waals surface area contributed by atoms with Gasteiger partial charge < -0.3 is 24.6 Å². The highest BCUT2D eigenvalue weighted by atomic mass is 19.1. The largest absolute Gasteiger partial charge is 0.493 e. The van der Waals surface area contributed by atoms with E-state index in [9.17, 15) is 9.18 Å². The highest BCUT2D eigenvalue weighted by Crippen LogP contribution is 2.26. The Morgan fingerprint density at radius 1 is 1.00 bits per heavy atom. The summed E-state index contributed by atoms with van der Waals surface area (Å²) in [5, 5.41) is 3.50. The normalized spacial score (nSPS) is 13.9. The van der Waals surface area contributed by atoms with Gasteiger partial charge in [0.15, 0.2) is 5.82 Å². The Kier molecular flexibility index (Phi) is 9.45. The molecular weight excluding hydrogens is 509 g/mol. The van der Waals surface area contributed by atoms with Crippen molar-refractivity contribution in [1.82, 2.24) is 14.9 Å². The van der Waals surface area contributed by atoms with Gasteiger partial charge in [-0.25, -0.2) is 19.2 Å². The smallest absolute Gasteiger partial charge is 0.410 e. The number of carbonyl (C=O) groups excluding carboxylic acids is 1. The van der Waals surface area contributed by atoms with Crippen molar-refractivity contribution in [3.63, 3.8) is 0 Å². The van der Waals surface area contributed by atoms with Crippen LogP contribution in [0.3, 0.4) is 0 Å². The Morgan fingerprint density at radius 3 is 2.27 bits per heavy atom. The number of hydrogen-bond acceptors (Lipinski definition) is 7. The second kappa shape index (κ2) is 13.0. The van der Waals surface area contributed by atoms with Crippen molar-refractivity contribution in [1.29, 1.82) is 0 Å². The van der Waals surface area contributed by atoms with Crippen LogP contribution in [0, 0.1) is 11.7 Å². The van der Waals surface area contributed by atoms with Gasteiger partial charge in [0.25, 0.3) is 0 Å². The number of benzene rings is 2. The summed E-state index contributed by atoms with van der Waals surface area (Å²) in [6.45, 7) is 13.4. The molecule has 3 aromatic rings. The number of carbonyl (C=O) groups is 1. The van der Waals surface area contributed by atoms with E-state index in [0.29, 0.717) is 57.5 Å². The van der Waals surface area contributed by atoms with E-state index in [1.165, 1.54) is 12.1 Å². The monoisotopic (exact) mass is 549 g/mol. The summed E-state index contributed by atoms with van der Waals surface area (Å²) in [6.07, 6.45) is 2.00. The zero-order chi connectivity index (χ0) is 28.7. The molecule has 40 heavy (non-hydrogen) atoms. The number of rotatable bonds is 9. The van der Waals surface area contributed by atoms with E-state index < -0.39 is 5.60 Å². The Hall–Kier alpha value is -3.88. The Balaban J connectivity index is 1.48. The van der Waals surface area contributed by atoms with Crippen LogP contribution >= 0.6 is 0 Å². The average Bonchev–Trinajstić information content (AvgIpc) is 2.92. The van der Waals surface area contributed by atoms with E-state index in [1.807, 2.05) is 51.2 Å². The quantitative estimate of drug-likeness (QED) is 0.355. The van der Waals surface area contributed by atoms with Gasteiger partial charge in [0.2, 0.25) is 0 Å². The van der Waals surface area contributed by atoms with Gasteiger partial charge in [0, 0.05) is 39.1 Å². The number of aromatic nitrogens is 2. The zero-order valence-electron chi connectivity index (χ0n) is 24.1. The maximum atomic E-state index is 13.4. The molecule has 1 aliphatic rings. The minimum absolute atomic E-state index is 0.271. The van der Waals surface area contributed by atoms with E-state index in [4.69, 9.17) is 14.5 Å². The molecule has 0 radical (unpaired) electrons. The minimum atomic E-state index is -0.536. The molecule has 9 heteroatoms. The number of nitrogens with one attached hydrogen (secondary N) is 1. The number of nitrogens with zero attached hydrogens (tertiary/aromatic N) is 4. The van der Waals surface area contributed by atoms with Crippen LogP contribution in [0.4, 0.5) is 20.7 Å². The molecule has 0 aliphatic carbocycles. The predicted octanol–water partition coefficient (Wildman–Crippen LogP) is 5.91. The van der Waals surface area contributed by atoms with Gasteiger partial charge >= 0.3 is 6.09 Å². The third kappa shape index (κ3) is 8.56. The number of amides is 1. The lowest BCUT2D eigenvalue weighted by atomic mass is 10.1. The first kappa shape index (κ1) is 29.1. The molecule has 1 aliphatic heterocycles. The van der Waals surface area contributed by atoms with Crippen molar-refractivity contribution in [2.75, 3.05) is 43.0 Å². The summed E-state index contributed by atoms with van der Waals surface area (Å²) in [7, 11) is 0. The highest BCUT2D eigenvalue weighted by Gasteiger charge is 2.27. The number of hydrogen-bond donors (Lipinski definition) is 1. The first-order valence-electron chi connectivity index (χ1n) is 13.8. The molecule has 8 nitrogen and oxygen atoms in total. The maximum absolute atomic E-state index is 13.4. The highest BCUT2D eigenvalue weighted by molar-refractivity contribution is 5.69. The number of anilines is 2. The Morgan fingerprint density at radius 2 is 1.65 bits per heavy atom. The summed E-state index contributed by atoms with van der Waals surface area (Å²) in [6, 6.07) is 14.5. The second-order valence-corrected chi connectivity index (χ2v) is 11.5. The van der Waals surface area contributed by atoms with E-state index >= 15 is 0 Å². The minimum Gasteiger partial charge on any atom is -0.493 e. The summed E-state index contributed by atoms with van der Waals surface area (Å²) in [4.78, 5) is 26.0. The lowest BCUT2D eigenvalue weighted by Crippen LogP contribution is -2.50. The average molecular weight is 550 g/mol. The molecule has 1 saturated heterocycles. The molecule has 1 fully saturated rings. The van der Waals surface area contributed by atoms with Crippen LogP contribution in [-0.2, 0) is 17.7 Å². The summed E-state index contributed by atoms with van der Waals surface area (Å²) in [5.74, 6) is 2.49. The molecule has 1 amide bonds. The van der Waals surface area contributed by atoms with Crippen molar-refractivity contribution in [2.24, 2.45) is 5.92 Å². The van der Waals surface area contributed by atoms with Crippen LogP contribution in [-0.4, -0.2) is 59.3 Å². The van der Waals surface area contributed by atoms with Gasteiger partial charge in [-0.05, 0) is 62.1 Å². The van der Waals surface area contributed by atoms with Gasteiger partial charge in [-0.15, -0.1) is 0 Å². The first-order valence-corrected chi connectivity index (χ1v) is 13.8. The van der Waals surface area contributed by atoms with Crippen molar-refractivity contribution in [3.8, 4) is 5.75 Å². The summed E-state index contributed by atoms with van der Waals surface area (Å²) >= 11 is 0. The number of ether oxygens (including phenoxy) is 2. The van der Waals surface area contributed by atoms with Gasteiger partial charge in [0.1, 0.15) is 23.0 Å². The van der Waals surface area contributed by atoms with Crippen LogP contribution in [0.1, 0.15) is 51.6 Å². The molecule has 0 atom stereocenters. The predicted molar refractivity (Wildman–Crippen MR) is 155 cm³/mol. The van der Waals surface area contributed by atoms with Crippen LogP contribution < -0.4 is 15.0 Å². The van der Waals surface area contributed by atoms with Crippen molar-refractivity contribution in [3.05, 3.63) is 77.5 Å². The van der Waals surface area contributed by atoms with Crippen LogP contribution in [0.2, 0.25) is 0 Å². The van der Waals surface area contributed by atoms with Crippen molar-refractivity contribution in [2.45, 2.75) is 53.2 Å². The lowest BCUT2D eigenvalue weighted by molar-refractivity contribution is 0.0240. The van der Waals surface area contributed by atoms with Gasteiger partial charge in [0.05, 0.1) is 18.5 Å². The molecule has 4 rings (SSSR count). The third-order valence-electron chi connectivity index (χ3n) is 6.31. The Labute approximate surface area is 236 Å². The first-order chi connectivity index (χ1) is 19.1. The van der Waals surface area contributed by atoms with E-state index in [1.54, 1.807) is 17.0 Å². The Bertz CT molecular complexity index is 1250. The van der Waals surface area contributed by atoms with Gasteiger partial charge in [-0.2, -0.15) is 0 Å². The molecule has 2 heterocycles. The number of piperazine rings is 1. The molecule has 0 unspecified atom stereocenters. The fourth-order valence-electron chi connectivity index (χ4n) is 4.23. The SMILES string of the molecule is CC(C)COc1ccc(CNc2cnc(Cc3ccc(F)cc3)nc2N2CCN(C(=O)OC(C)(C)C)CC2)cc1. The zero-order valence-corrected chi connectivity index (χ0v) is 24.1. The van der Waals surface area contributed by atoms with Crippen molar-refractivity contribution >= 4 is 17.6 Å². The molecular formula is C31H40FN5O3. The molecule has 1 aromatic heterocycles. The van der Waals surface area contributed by atoms with Crippen molar-refractivity contribution < 1.29 is 18.7 Å². The maximum Gasteiger partial charge on any atom is 0.410 e. The third-order valence-corrected chi connectivity index (χ3v) is 6.31. The summed E-state index contributed by atoms with van der Waals surface area (Å²) < 4.78 is 24.7. The standard InChI is InChI=1S/C31H40FN5O3/c1-22(2)21-39-26-12-8-24(9-13-26)19-33-27-20-34-28(18-23-6-10-25(32)11-7-23)35-29(27)36-14-16-37(17-15-36)30(38)40-31(3,4)5/h6-13,20,22,33H,14-19,21H2,1-5H3. The molecule has 0 bridgehead atoms. The topological polar surface area (TPSA) is 79.8 Å². The fraction of sp³-hybridized carbons (Fsp3) is 0.452. The number of halogens is 1. The fourth-order valence-corrected chi connectivity index (χ4v) is 4.23. The van der Waals surface area contributed by atoms with Gasteiger partial charge in [-0.3, -0.25) is 0 Å². The van der Waals surface area contributed by atoms with E-state index in [0.717, 1.165) is 28.4 Å². The molecule has 0 spiro atoms. The molecule has 1 N–H and O–H groups in total. The van der Waals surface area contributed by atoms with Crippen LogP contribution in [0.25, 0.3) is 0 Å².